The molecule has 0 aliphatic carbocycles. The van der Waals surface area contributed by atoms with E-state index in [9.17, 15) is 4.79 Å². The lowest BCUT2D eigenvalue weighted by Crippen LogP contribution is -2.46. The highest BCUT2D eigenvalue weighted by molar-refractivity contribution is 5.79. The van der Waals surface area contributed by atoms with E-state index in [0.717, 1.165) is 32.5 Å². The maximum Gasteiger partial charge on any atom is 0.325 e. The summed E-state index contributed by atoms with van der Waals surface area (Å²) in [7, 11) is 0. The summed E-state index contributed by atoms with van der Waals surface area (Å²) >= 11 is 0. The molecule has 4 heteroatoms. The lowest BCUT2D eigenvalue weighted by molar-refractivity contribution is -0.149. The van der Waals surface area contributed by atoms with Gasteiger partial charge in [0.15, 0.2) is 0 Å². The zero-order valence-electron chi connectivity index (χ0n) is 13.2. The number of ether oxygens (including phenoxy) is 1. The number of carbonyl (C=O) groups is 1. The summed E-state index contributed by atoms with van der Waals surface area (Å²) in [5.74, 6) is -0.283. The van der Waals surface area contributed by atoms with Gasteiger partial charge in [0.2, 0.25) is 0 Å². The molecule has 0 heterocycles. The lowest BCUT2D eigenvalue weighted by Gasteiger charge is -2.24. The van der Waals surface area contributed by atoms with E-state index in [1.807, 2.05) is 0 Å². The van der Waals surface area contributed by atoms with Gasteiger partial charge in [0.25, 0.3) is 0 Å². The van der Waals surface area contributed by atoms with Crippen molar-refractivity contribution in [3.05, 3.63) is 0 Å². The van der Waals surface area contributed by atoms with Gasteiger partial charge in [-0.3, -0.25) is 4.79 Å². The average molecular weight is 272 g/mol. The number of nitrogens with zero attached hydrogens (tertiary/aromatic N) is 1. The van der Waals surface area contributed by atoms with Crippen molar-refractivity contribution in [1.82, 2.24) is 4.90 Å². The van der Waals surface area contributed by atoms with Gasteiger partial charge in [0.1, 0.15) is 5.54 Å². The highest BCUT2D eigenvalue weighted by atomic mass is 16.5. The third-order valence-electron chi connectivity index (χ3n) is 3.24. The van der Waals surface area contributed by atoms with Gasteiger partial charge in [-0.05, 0) is 65.6 Å². The van der Waals surface area contributed by atoms with E-state index in [-0.39, 0.29) is 5.97 Å². The fourth-order valence-electron chi connectivity index (χ4n) is 2.19. The first-order valence-electron chi connectivity index (χ1n) is 7.66. The molecule has 0 rings (SSSR count). The first-order chi connectivity index (χ1) is 8.97. The van der Waals surface area contributed by atoms with Crippen molar-refractivity contribution in [2.75, 3.05) is 26.2 Å². The minimum atomic E-state index is -0.837. The van der Waals surface area contributed by atoms with Gasteiger partial charge >= 0.3 is 5.97 Å². The summed E-state index contributed by atoms with van der Waals surface area (Å²) < 4.78 is 4.99. The Hall–Kier alpha value is -0.610. The van der Waals surface area contributed by atoms with E-state index in [2.05, 4.69) is 18.7 Å². The molecule has 0 aromatic rings. The third kappa shape index (κ3) is 8.22. The molecule has 4 nitrogen and oxygen atoms in total. The standard InChI is InChI=1S/C15H32N2O2/c1-5-11-17(12-6-2)13-9-8-10-15(4,16)14(18)19-7-3/h5-13,16H2,1-4H3. The lowest BCUT2D eigenvalue weighted by atomic mass is 9.96. The molecule has 0 aromatic carbocycles. The fraction of sp³-hybridized carbons (Fsp3) is 0.933. The van der Waals surface area contributed by atoms with Crippen LogP contribution in [-0.4, -0.2) is 42.6 Å². The molecule has 0 aliphatic heterocycles. The van der Waals surface area contributed by atoms with E-state index >= 15 is 0 Å². The highest BCUT2D eigenvalue weighted by Crippen LogP contribution is 2.13. The summed E-state index contributed by atoms with van der Waals surface area (Å²) in [5.41, 5.74) is 5.16. The van der Waals surface area contributed by atoms with Gasteiger partial charge in [-0.15, -0.1) is 0 Å². The van der Waals surface area contributed by atoms with Crippen molar-refractivity contribution in [3.8, 4) is 0 Å². The van der Waals surface area contributed by atoms with Crippen LogP contribution >= 0.6 is 0 Å². The molecule has 0 spiro atoms. The Morgan fingerprint density at radius 1 is 1.11 bits per heavy atom. The van der Waals surface area contributed by atoms with Crippen LogP contribution in [0.2, 0.25) is 0 Å². The van der Waals surface area contributed by atoms with Crippen LogP contribution in [0.1, 0.15) is 59.8 Å². The minimum absolute atomic E-state index is 0.283. The molecule has 0 saturated heterocycles. The van der Waals surface area contributed by atoms with Crippen LogP contribution in [-0.2, 0) is 9.53 Å². The van der Waals surface area contributed by atoms with Gasteiger partial charge in [-0.25, -0.2) is 0 Å². The molecule has 0 bridgehead atoms. The molecule has 0 fully saturated rings. The first-order valence-corrected chi connectivity index (χ1v) is 7.66. The van der Waals surface area contributed by atoms with Gasteiger partial charge in [-0.2, -0.15) is 0 Å². The second-order valence-electron chi connectivity index (χ2n) is 5.44. The normalized spacial score (nSPS) is 14.4. The molecule has 0 saturated carbocycles. The van der Waals surface area contributed by atoms with Crippen molar-refractivity contribution in [2.45, 2.75) is 65.3 Å². The molecule has 2 N–H and O–H groups in total. The Morgan fingerprint density at radius 3 is 2.16 bits per heavy atom. The number of carbonyl (C=O) groups excluding carboxylic acids is 1. The predicted octanol–water partition coefficient (Wildman–Crippen LogP) is 2.56. The number of rotatable bonds is 11. The minimum Gasteiger partial charge on any atom is -0.465 e. The van der Waals surface area contributed by atoms with E-state index in [4.69, 9.17) is 10.5 Å². The summed E-state index contributed by atoms with van der Waals surface area (Å²) in [6, 6.07) is 0. The molecular formula is C15H32N2O2. The molecule has 1 unspecified atom stereocenters. The van der Waals surface area contributed by atoms with Crippen LogP contribution in [0.15, 0.2) is 0 Å². The van der Waals surface area contributed by atoms with Crippen LogP contribution < -0.4 is 5.73 Å². The number of hydrogen-bond acceptors (Lipinski definition) is 4. The van der Waals surface area contributed by atoms with Crippen LogP contribution in [0, 0.1) is 0 Å². The second-order valence-corrected chi connectivity index (χ2v) is 5.44. The van der Waals surface area contributed by atoms with E-state index in [0.29, 0.717) is 13.0 Å². The molecule has 0 amide bonds. The Kier molecular flexibility index (Phi) is 9.88. The third-order valence-corrected chi connectivity index (χ3v) is 3.24. The monoisotopic (exact) mass is 272 g/mol. The quantitative estimate of drug-likeness (QED) is 0.464. The molecule has 1 atom stereocenters. The van der Waals surface area contributed by atoms with E-state index < -0.39 is 5.54 Å². The van der Waals surface area contributed by atoms with Crippen molar-refractivity contribution < 1.29 is 9.53 Å². The van der Waals surface area contributed by atoms with Crippen molar-refractivity contribution >= 4 is 5.97 Å². The maximum atomic E-state index is 11.6. The SMILES string of the molecule is CCCN(CCC)CCCCC(C)(N)C(=O)OCC. The van der Waals surface area contributed by atoms with Crippen LogP contribution in [0.25, 0.3) is 0 Å². The van der Waals surface area contributed by atoms with Crippen molar-refractivity contribution in [1.29, 1.82) is 0 Å². The van der Waals surface area contributed by atoms with Crippen LogP contribution in [0.5, 0.6) is 0 Å². The Morgan fingerprint density at radius 2 is 1.68 bits per heavy atom. The molecule has 114 valence electrons. The topological polar surface area (TPSA) is 55.6 Å². The van der Waals surface area contributed by atoms with Crippen molar-refractivity contribution in [2.24, 2.45) is 5.73 Å². The zero-order valence-corrected chi connectivity index (χ0v) is 13.2. The van der Waals surface area contributed by atoms with E-state index in [1.165, 1.54) is 12.8 Å². The number of unbranched alkanes of at least 4 members (excludes halogenated alkanes) is 1. The number of hydrogen-bond donors (Lipinski definition) is 1. The summed E-state index contributed by atoms with van der Waals surface area (Å²) in [5, 5.41) is 0. The van der Waals surface area contributed by atoms with Gasteiger partial charge in [0.05, 0.1) is 6.61 Å². The first kappa shape index (κ1) is 18.4. The highest BCUT2D eigenvalue weighted by Gasteiger charge is 2.29. The average Bonchev–Trinajstić information content (AvgIpc) is 2.35. The maximum absolute atomic E-state index is 11.6. The van der Waals surface area contributed by atoms with Gasteiger partial charge in [0, 0.05) is 0 Å². The fourth-order valence-corrected chi connectivity index (χ4v) is 2.19. The van der Waals surface area contributed by atoms with E-state index in [1.54, 1.807) is 13.8 Å². The molecule has 19 heavy (non-hydrogen) atoms. The predicted molar refractivity (Wildman–Crippen MR) is 80.1 cm³/mol. The molecule has 0 radical (unpaired) electrons. The van der Waals surface area contributed by atoms with Crippen LogP contribution in [0.4, 0.5) is 0 Å². The van der Waals surface area contributed by atoms with Crippen molar-refractivity contribution in [3.63, 3.8) is 0 Å². The van der Waals surface area contributed by atoms with Gasteiger partial charge < -0.3 is 15.4 Å². The summed E-state index contributed by atoms with van der Waals surface area (Å²) in [4.78, 5) is 14.1. The Labute approximate surface area is 118 Å². The zero-order chi connectivity index (χ0) is 14.7. The molecular weight excluding hydrogens is 240 g/mol. The van der Waals surface area contributed by atoms with Gasteiger partial charge in [-0.1, -0.05) is 13.8 Å². The number of nitrogens with two attached hydrogens (primary N) is 1. The second kappa shape index (κ2) is 10.2. The molecule has 0 aliphatic rings. The smallest absolute Gasteiger partial charge is 0.325 e. The summed E-state index contributed by atoms with van der Waals surface area (Å²) in [6.45, 7) is 11.8. The van der Waals surface area contributed by atoms with Crippen LogP contribution in [0.3, 0.4) is 0 Å². The summed E-state index contributed by atoms with van der Waals surface area (Å²) in [6.07, 6.45) is 5.13. The Balaban J connectivity index is 3.90. The largest absolute Gasteiger partial charge is 0.465 e. The Bertz CT molecular complexity index is 236. The molecule has 0 aromatic heterocycles. The number of esters is 1.